The minimum absolute atomic E-state index is 0.123. The second-order valence-corrected chi connectivity index (χ2v) is 6.24. The standard InChI is InChI=1S/C20H23NO2/c22-20-15-14-18(17-11-5-2-6-12-17)19(21(20)23)13-7-10-16-8-3-1-4-9-16/h1-6,8-9,11-12,18-19,23H,7,10,13-15H2/t18-,19+/m0/s1. The molecule has 0 aromatic heterocycles. The number of hydrogen-bond acceptors (Lipinski definition) is 2. The number of amides is 1. The van der Waals surface area contributed by atoms with Crippen LogP contribution in [0.1, 0.15) is 42.7 Å². The number of rotatable bonds is 5. The molecule has 2 atom stereocenters. The molecule has 3 nitrogen and oxygen atoms in total. The Balaban J connectivity index is 1.68. The van der Waals surface area contributed by atoms with Crippen molar-refractivity contribution in [2.24, 2.45) is 0 Å². The molecule has 0 aliphatic carbocycles. The summed E-state index contributed by atoms with van der Waals surface area (Å²) in [7, 11) is 0. The number of benzene rings is 2. The van der Waals surface area contributed by atoms with E-state index in [-0.39, 0.29) is 17.9 Å². The Hall–Kier alpha value is -2.13. The van der Waals surface area contributed by atoms with Gasteiger partial charge in [-0.25, -0.2) is 5.06 Å². The third-order valence-electron chi connectivity index (χ3n) is 4.74. The Morgan fingerprint density at radius 2 is 1.65 bits per heavy atom. The monoisotopic (exact) mass is 309 g/mol. The van der Waals surface area contributed by atoms with Gasteiger partial charge in [-0.3, -0.25) is 10.0 Å². The van der Waals surface area contributed by atoms with Crippen molar-refractivity contribution >= 4 is 5.91 Å². The van der Waals surface area contributed by atoms with Gasteiger partial charge in [0.25, 0.3) is 0 Å². The molecule has 1 fully saturated rings. The van der Waals surface area contributed by atoms with Crippen LogP contribution >= 0.6 is 0 Å². The molecular formula is C20H23NO2. The molecule has 3 heteroatoms. The number of hydroxylamine groups is 2. The predicted octanol–water partition coefficient (Wildman–Crippen LogP) is 4.17. The van der Waals surface area contributed by atoms with Crippen molar-refractivity contribution in [2.45, 2.75) is 44.1 Å². The van der Waals surface area contributed by atoms with E-state index in [0.29, 0.717) is 6.42 Å². The molecule has 23 heavy (non-hydrogen) atoms. The van der Waals surface area contributed by atoms with Crippen LogP contribution in [0.2, 0.25) is 0 Å². The van der Waals surface area contributed by atoms with Gasteiger partial charge in [-0.05, 0) is 36.8 Å². The Kier molecular flexibility index (Phi) is 5.09. The SMILES string of the molecule is O=C1CC[C@@H](c2ccccc2)[C@@H](CCCc2ccccc2)N1O. The molecule has 0 radical (unpaired) electrons. The summed E-state index contributed by atoms with van der Waals surface area (Å²) in [4.78, 5) is 11.9. The van der Waals surface area contributed by atoms with Crippen LogP contribution in [-0.4, -0.2) is 22.2 Å². The van der Waals surface area contributed by atoms with Crippen LogP contribution in [-0.2, 0) is 11.2 Å². The van der Waals surface area contributed by atoms with E-state index >= 15 is 0 Å². The summed E-state index contributed by atoms with van der Waals surface area (Å²) in [6.07, 6.45) is 3.99. The first-order valence-electron chi connectivity index (χ1n) is 8.35. The predicted molar refractivity (Wildman–Crippen MR) is 90.2 cm³/mol. The third kappa shape index (κ3) is 3.80. The summed E-state index contributed by atoms with van der Waals surface area (Å²) in [5.74, 6) is 0.0663. The van der Waals surface area contributed by atoms with E-state index in [2.05, 4.69) is 24.3 Å². The smallest absolute Gasteiger partial charge is 0.246 e. The van der Waals surface area contributed by atoms with E-state index in [1.807, 2.05) is 36.4 Å². The molecule has 1 aliphatic heterocycles. The van der Waals surface area contributed by atoms with E-state index in [1.165, 1.54) is 11.1 Å². The molecule has 1 N–H and O–H groups in total. The fourth-order valence-corrected chi connectivity index (χ4v) is 3.51. The van der Waals surface area contributed by atoms with Crippen LogP contribution in [0.5, 0.6) is 0 Å². The average Bonchev–Trinajstić information content (AvgIpc) is 2.60. The summed E-state index contributed by atoms with van der Waals surface area (Å²) in [6, 6.07) is 20.5. The first-order chi connectivity index (χ1) is 11.3. The van der Waals surface area contributed by atoms with Crippen LogP contribution in [0.4, 0.5) is 0 Å². The molecular weight excluding hydrogens is 286 g/mol. The maximum atomic E-state index is 11.9. The van der Waals surface area contributed by atoms with Crippen LogP contribution in [0.3, 0.4) is 0 Å². The van der Waals surface area contributed by atoms with E-state index in [1.54, 1.807) is 0 Å². The number of piperidine rings is 1. The van der Waals surface area contributed by atoms with Gasteiger partial charge >= 0.3 is 0 Å². The molecule has 1 amide bonds. The summed E-state index contributed by atoms with van der Waals surface area (Å²) >= 11 is 0. The number of carbonyl (C=O) groups excluding carboxylic acids is 1. The fraction of sp³-hybridized carbons (Fsp3) is 0.350. The molecule has 1 heterocycles. The molecule has 2 aromatic carbocycles. The van der Waals surface area contributed by atoms with Crippen LogP contribution < -0.4 is 0 Å². The third-order valence-corrected chi connectivity index (χ3v) is 4.74. The lowest BCUT2D eigenvalue weighted by atomic mass is 9.82. The van der Waals surface area contributed by atoms with E-state index in [9.17, 15) is 10.0 Å². The number of carbonyl (C=O) groups is 1. The van der Waals surface area contributed by atoms with Crippen molar-refractivity contribution in [1.29, 1.82) is 0 Å². The quantitative estimate of drug-likeness (QED) is 0.842. The normalized spacial score (nSPS) is 21.4. The molecule has 0 unspecified atom stereocenters. The van der Waals surface area contributed by atoms with Gasteiger partial charge in [0.1, 0.15) is 0 Å². The maximum absolute atomic E-state index is 11.9. The van der Waals surface area contributed by atoms with Gasteiger partial charge in [0, 0.05) is 12.3 Å². The minimum atomic E-state index is -0.151. The lowest BCUT2D eigenvalue weighted by Crippen LogP contribution is -2.45. The molecule has 3 rings (SSSR count). The van der Waals surface area contributed by atoms with Gasteiger partial charge in [0.15, 0.2) is 0 Å². The summed E-state index contributed by atoms with van der Waals surface area (Å²) in [6.45, 7) is 0. The second kappa shape index (κ2) is 7.42. The van der Waals surface area contributed by atoms with Crippen molar-refractivity contribution in [3.8, 4) is 0 Å². The Labute approximate surface area is 137 Å². The second-order valence-electron chi connectivity index (χ2n) is 6.24. The zero-order valence-electron chi connectivity index (χ0n) is 13.3. The largest absolute Gasteiger partial charge is 0.286 e. The summed E-state index contributed by atoms with van der Waals surface area (Å²) in [5.41, 5.74) is 2.51. The van der Waals surface area contributed by atoms with Crippen molar-refractivity contribution in [2.75, 3.05) is 0 Å². The van der Waals surface area contributed by atoms with E-state index in [4.69, 9.17) is 0 Å². The molecule has 2 aromatic rings. The van der Waals surface area contributed by atoms with Crippen molar-refractivity contribution < 1.29 is 10.0 Å². The number of hydrogen-bond donors (Lipinski definition) is 1. The Morgan fingerprint density at radius 3 is 2.35 bits per heavy atom. The first kappa shape index (κ1) is 15.8. The first-order valence-corrected chi connectivity index (χ1v) is 8.35. The van der Waals surface area contributed by atoms with Gasteiger partial charge in [-0.1, -0.05) is 60.7 Å². The summed E-state index contributed by atoms with van der Waals surface area (Å²) < 4.78 is 0. The lowest BCUT2D eigenvalue weighted by Gasteiger charge is -2.37. The van der Waals surface area contributed by atoms with Crippen LogP contribution in [0.25, 0.3) is 0 Å². The Bertz CT molecular complexity index is 627. The highest BCUT2D eigenvalue weighted by atomic mass is 16.5. The molecule has 0 bridgehead atoms. The fourth-order valence-electron chi connectivity index (χ4n) is 3.51. The molecule has 1 aliphatic rings. The van der Waals surface area contributed by atoms with Gasteiger partial charge < -0.3 is 0 Å². The highest BCUT2D eigenvalue weighted by Gasteiger charge is 2.35. The zero-order valence-corrected chi connectivity index (χ0v) is 13.3. The number of nitrogens with zero attached hydrogens (tertiary/aromatic N) is 1. The highest BCUT2D eigenvalue weighted by molar-refractivity contribution is 5.76. The molecule has 0 saturated carbocycles. The van der Waals surface area contributed by atoms with E-state index < -0.39 is 0 Å². The van der Waals surface area contributed by atoms with Gasteiger partial charge in [0.2, 0.25) is 5.91 Å². The topological polar surface area (TPSA) is 40.5 Å². The maximum Gasteiger partial charge on any atom is 0.246 e. The molecule has 120 valence electrons. The van der Waals surface area contributed by atoms with Crippen molar-refractivity contribution in [3.63, 3.8) is 0 Å². The van der Waals surface area contributed by atoms with Gasteiger partial charge in [0.05, 0.1) is 6.04 Å². The lowest BCUT2D eigenvalue weighted by molar-refractivity contribution is -0.185. The van der Waals surface area contributed by atoms with E-state index in [0.717, 1.165) is 30.7 Å². The van der Waals surface area contributed by atoms with Crippen molar-refractivity contribution in [3.05, 3.63) is 71.8 Å². The van der Waals surface area contributed by atoms with Gasteiger partial charge in [-0.15, -0.1) is 0 Å². The molecule has 1 saturated heterocycles. The Morgan fingerprint density at radius 1 is 1.00 bits per heavy atom. The summed E-state index contributed by atoms with van der Waals surface area (Å²) in [5, 5.41) is 11.2. The highest BCUT2D eigenvalue weighted by Crippen LogP contribution is 2.34. The number of aryl methyl sites for hydroxylation is 1. The van der Waals surface area contributed by atoms with Crippen LogP contribution in [0, 0.1) is 0 Å². The average molecular weight is 309 g/mol. The minimum Gasteiger partial charge on any atom is -0.286 e. The van der Waals surface area contributed by atoms with Crippen molar-refractivity contribution in [1.82, 2.24) is 5.06 Å². The van der Waals surface area contributed by atoms with Crippen LogP contribution in [0.15, 0.2) is 60.7 Å². The zero-order chi connectivity index (χ0) is 16.1. The molecule has 0 spiro atoms. The van der Waals surface area contributed by atoms with Gasteiger partial charge in [-0.2, -0.15) is 0 Å².